The number of carbonyl (C=O) groups excluding carboxylic acids is 1. The highest BCUT2D eigenvalue weighted by Crippen LogP contribution is 2.55. The highest BCUT2D eigenvalue weighted by Gasteiger charge is 2.49. The normalized spacial score (nSPS) is 42.5. The minimum absolute atomic E-state index is 0.175. The predicted molar refractivity (Wildman–Crippen MR) is 52.2 cm³/mol. The molecule has 0 spiro atoms. The first kappa shape index (κ1) is 8.27. The van der Waals surface area contributed by atoms with Crippen LogP contribution in [0.25, 0.3) is 0 Å². The summed E-state index contributed by atoms with van der Waals surface area (Å²) >= 11 is 0. The molecule has 3 rings (SSSR count). The Labute approximate surface area is 83.6 Å². The molecule has 1 saturated carbocycles. The van der Waals surface area contributed by atoms with Gasteiger partial charge in [0.25, 0.3) is 0 Å². The number of rotatable bonds is 1. The Morgan fingerprint density at radius 2 is 2.43 bits per heavy atom. The second kappa shape index (κ2) is 2.72. The zero-order chi connectivity index (χ0) is 9.71. The molecule has 2 heteroatoms. The zero-order valence-electron chi connectivity index (χ0n) is 8.27. The van der Waals surface area contributed by atoms with Gasteiger partial charge in [0.15, 0.2) is 0 Å². The molecule has 0 N–H and O–H groups in total. The van der Waals surface area contributed by atoms with E-state index in [4.69, 9.17) is 4.74 Å². The second-order valence-corrected chi connectivity index (χ2v) is 4.57. The summed E-state index contributed by atoms with van der Waals surface area (Å²) in [4.78, 5) is 10.9. The maximum atomic E-state index is 10.9. The van der Waals surface area contributed by atoms with E-state index in [9.17, 15) is 4.79 Å². The summed E-state index contributed by atoms with van der Waals surface area (Å²) in [6.45, 7) is 1.48. The van der Waals surface area contributed by atoms with Gasteiger partial charge in [-0.15, -0.1) is 0 Å². The van der Waals surface area contributed by atoms with Crippen LogP contribution in [0.4, 0.5) is 0 Å². The maximum absolute atomic E-state index is 10.9. The summed E-state index contributed by atoms with van der Waals surface area (Å²) in [5, 5.41) is 0. The van der Waals surface area contributed by atoms with E-state index in [0.29, 0.717) is 11.8 Å². The molecule has 1 fully saturated rings. The van der Waals surface area contributed by atoms with Gasteiger partial charge >= 0.3 is 5.97 Å². The van der Waals surface area contributed by atoms with E-state index < -0.39 is 0 Å². The van der Waals surface area contributed by atoms with Crippen molar-refractivity contribution in [1.29, 1.82) is 0 Å². The molecule has 14 heavy (non-hydrogen) atoms. The Bertz CT molecular complexity index is 340. The quantitative estimate of drug-likeness (QED) is 0.468. The molecule has 3 aliphatic rings. The van der Waals surface area contributed by atoms with Gasteiger partial charge < -0.3 is 4.74 Å². The average Bonchev–Trinajstić information content (AvgIpc) is 2.68. The molecule has 0 radical (unpaired) electrons. The van der Waals surface area contributed by atoms with E-state index >= 15 is 0 Å². The van der Waals surface area contributed by atoms with Crippen LogP contribution in [0.2, 0.25) is 0 Å². The fourth-order valence-corrected chi connectivity index (χ4v) is 3.33. The smallest absolute Gasteiger partial charge is 0.307 e. The first-order chi connectivity index (χ1) is 6.75. The van der Waals surface area contributed by atoms with Crippen LogP contribution in [-0.4, -0.2) is 5.97 Å². The van der Waals surface area contributed by atoms with Gasteiger partial charge in [-0.05, 0) is 36.7 Å². The Hall–Kier alpha value is -1.05. The topological polar surface area (TPSA) is 26.3 Å². The van der Waals surface area contributed by atoms with Crippen LogP contribution in [-0.2, 0) is 9.53 Å². The van der Waals surface area contributed by atoms with Crippen molar-refractivity contribution in [2.75, 3.05) is 0 Å². The Kier molecular flexibility index (Phi) is 1.61. The fourth-order valence-electron chi connectivity index (χ4n) is 3.33. The molecule has 0 heterocycles. The molecule has 2 nitrogen and oxygen atoms in total. The van der Waals surface area contributed by atoms with Crippen molar-refractivity contribution in [3.05, 3.63) is 24.0 Å². The number of fused-ring (bicyclic) bond motifs is 5. The highest BCUT2D eigenvalue weighted by atomic mass is 16.5. The van der Waals surface area contributed by atoms with Crippen LogP contribution in [0, 0.1) is 23.7 Å². The van der Waals surface area contributed by atoms with Gasteiger partial charge in [-0.3, -0.25) is 4.79 Å². The van der Waals surface area contributed by atoms with E-state index in [1.807, 2.05) is 0 Å². The summed E-state index contributed by atoms with van der Waals surface area (Å²) in [5.41, 5.74) is 0. The molecule has 74 valence electrons. The van der Waals surface area contributed by atoms with Gasteiger partial charge in [0.2, 0.25) is 0 Å². The second-order valence-electron chi connectivity index (χ2n) is 4.57. The molecule has 0 aromatic rings. The standard InChI is InChI=1S/C12H14O2/c1-7(13)14-12-6-8-5-11(12)10-4-2-3-9(8)10/h2-3,6,8-11H,4-5H2,1H3/t8-,9-,10-,11-/m1/s1. The lowest BCUT2D eigenvalue weighted by atomic mass is 9.85. The molecule has 0 amide bonds. The third kappa shape index (κ3) is 0.999. The average molecular weight is 190 g/mol. The third-order valence-electron chi connectivity index (χ3n) is 3.80. The maximum Gasteiger partial charge on any atom is 0.307 e. The summed E-state index contributed by atoms with van der Waals surface area (Å²) in [7, 11) is 0. The summed E-state index contributed by atoms with van der Waals surface area (Å²) in [6.07, 6.45) is 9.16. The van der Waals surface area contributed by atoms with Crippen LogP contribution >= 0.6 is 0 Å². The number of carbonyl (C=O) groups is 1. The highest BCUT2D eigenvalue weighted by molar-refractivity contribution is 5.67. The van der Waals surface area contributed by atoms with Crippen molar-refractivity contribution in [2.24, 2.45) is 23.7 Å². The Balaban J connectivity index is 1.84. The van der Waals surface area contributed by atoms with E-state index in [2.05, 4.69) is 18.2 Å². The fraction of sp³-hybridized carbons (Fsp3) is 0.583. The van der Waals surface area contributed by atoms with E-state index in [0.717, 1.165) is 17.6 Å². The predicted octanol–water partition coefficient (Wildman–Crippen LogP) is 2.28. The van der Waals surface area contributed by atoms with E-state index in [1.165, 1.54) is 19.8 Å². The number of hydrogen-bond donors (Lipinski definition) is 0. The minimum Gasteiger partial charge on any atom is -0.431 e. The van der Waals surface area contributed by atoms with Crippen molar-refractivity contribution in [3.8, 4) is 0 Å². The summed E-state index contributed by atoms with van der Waals surface area (Å²) < 4.78 is 5.25. The molecule has 0 aliphatic heterocycles. The molecule has 0 aromatic carbocycles. The van der Waals surface area contributed by atoms with Gasteiger partial charge in [-0.1, -0.05) is 12.2 Å². The zero-order valence-corrected chi connectivity index (χ0v) is 8.27. The molecular weight excluding hydrogens is 176 g/mol. The van der Waals surface area contributed by atoms with Crippen molar-refractivity contribution in [2.45, 2.75) is 19.8 Å². The van der Waals surface area contributed by atoms with Gasteiger partial charge in [-0.2, -0.15) is 0 Å². The third-order valence-corrected chi connectivity index (χ3v) is 3.80. The molecule has 4 atom stereocenters. The van der Waals surface area contributed by atoms with Crippen molar-refractivity contribution in [1.82, 2.24) is 0 Å². The van der Waals surface area contributed by atoms with Gasteiger partial charge in [0.1, 0.15) is 5.76 Å². The molecule has 0 unspecified atom stereocenters. The molecule has 0 aromatic heterocycles. The lowest BCUT2D eigenvalue weighted by molar-refractivity contribution is -0.137. The minimum atomic E-state index is -0.175. The number of hydrogen-bond acceptors (Lipinski definition) is 2. The number of allylic oxidation sites excluding steroid dienone is 4. The lowest BCUT2D eigenvalue weighted by Gasteiger charge is -2.23. The molecule has 0 saturated heterocycles. The van der Waals surface area contributed by atoms with Crippen LogP contribution < -0.4 is 0 Å². The van der Waals surface area contributed by atoms with Gasteiger partial charge in [0.05, 0.1) is 0 Å². The van der Waals surface area contributed by atoms with Crippen LogP contribution in [0.3, 0.4) is 0 Å². The lowest BCUT2D eigenvalue weighted by Crippen LogP contribution is -2.19. The van der Waals surface area contributed by atoms with Crippen LogP contribution in [0.15, 0.2) is 24.0 Å². The van der Waals surface area contributed by atoms with Crippen molar-refractivity contribution < 1.29 is 9.53 Å². The van der Waals surface area contributed by atoms with E-state index in [-0.39, 0.29) is 5.97 Å². The molecule has 2 bridgehead atoms. The van der Waals surface area contributed by atoms with Crippen molar-refractivity contribution in [3.63, 3.8) is 0 Å². The Morgan fingerprint density at radius 3 is 3.21 bits per heavy atom. The first-order valence-electron chi connectivity index (χ1n) is 5.32. The SMILES string of the molecule is CC(=O)OC1=C[C@H]2C[C@@H]1[C@@H]1CC=C[C@@H]12. The summed E-state index contributed by atoms with van der Waals surface area (Å²) in [6, 6.07) is 0. The summed E-state index contributed by atoms with van der Waals surface area (Å²) in [5.74, 6) is 3.39. The number of ether oxygens (including phenoxy) is 1. The largest absolute Gasteiger partial charge is 0.431 e. The molecule has 3 aliphatic carbocycles. The van der Waals surface area contributed by atoms with Gasteiger partial charge in [-0.25, -0.2) is 0 Å². The van der Waals surface area contributed by atoms with Gasteiger partial charge in [0, 0.05) is 12.8 Å². The van der Waals surface area contributed by atoms with Crippen LogP contribution in [0.1, 0.15) is 19.8 Å². The monoisotopic (exact) mass is 190 g/mol. The van der Waals surface area contributed by atoms with E-state index in [1.54, 1.807) is 0 Å². The molecular formula is C12H14O2. The van der Waals surface area contributed by atoms with Crippen molar-refractivity contribution >= 4 is 5.97 Å². The first-order valence-corrected chi connectivity index (χ1v) is 5.32. The number of esters is 1. The van der Waals surface area contributed by atoms with Crippen LogP contribution in [0.5, 0.6) is 0 Å². The Morgan fingerprint density at radius 1 is 1.57 bits per heavy atom.